The van der Waals surface area contributed by atoms with Crippen LogP contribution in [-0.2, 0) is 0 Å². The van der Waals surface area contributed by atoms with Crippen molar-refractivity contribution in [3.63, 3.8) is 0 Å². The topological polar surface area (TPSA) is 71.5 Å². The Labute approximate surface area is 119 Å². The van der Waals surface area contributed by atoms with E-state index in [0.717, 1.165) is 25.7 Å². The fourth-order valence-corrected chi connectivity index (χ4v) is 2.48. The van der Waals surface area contributed by atoms with Gasteiger partial charge in [0.1, 0.15) is 0 Å². The van der Waals surface area contributed by atoms with E-state index in [1.54, 1.807) is 12.1 Å². The summed E-state index contributed by atoms with van der Waals surface area (Å²) in [4.78, 5) is 16.1. The molecule has 110 valence electrons. The summed E-state index contributed by atoms with van der Waals surface area (Å²) in [5.41, 5.74) is -0.264. The van der Waals surface area contributed by atoms with Crippen LogP contribution in [0, 0.1) is 0 Å². The average molecular weight is 278 g/mol. The lowest BCUT2D eigenvalue weighted by molar-refractivity contribution is 0.00525. The Bertz CT molecular complexity index is 439. The van der Waals surface area contributed by atoms with Gasteiger partial charge in [0, 0.05) is 18.8 Å². The van der Waals surface area contributed by atoms with Gasteiger partial charge < -0.3 is 15.2 Å². The van der Waals surface area contributed by atoms with Gasteiger partial charge in [-0.2, -0.15) is 0 Å². The van der Waals surface area contributed by atoms with Crippen LogP contribution >= 0.6 is 0 Å². The van der Waals surface area contributed by atoms with Crippen LogP contribution in [0.3, 0.4) is 0 Å². The van der Waals surface area contributed by atoms with Gasteiger partial charge in [-0.25, -0.2) is 4.98 Å². The fourth-order valence-electron chi connectivity index (χ4n) is 2.48. The van der Waals surface area contributed by atoms with Crippen LogP contribution in [0.2, 0.25) is 0 Å². The molecule has 1 aliphatic carbocycles. The molecule has 1 aliphatic rings. The van der Waals surface area contributed by atoms with E-state index >= 15 is 0 Å². The van der Waals surface area contributed by atoms with Gasteiger partial charge in [0.25, 0.3) is 5.91 Å². The van der Waals surface area contributed by atoms with Crippen molar-refractivity contribution in [1.29, 1.82) is 0 Å². The second-order valence-corrected chi connectivity index (χ2v) is 5.29. The Kier molecular flexibility index (Phi) is 4.95. The van der Waals surface area contributed by atoms with Gasteiger partial charge in [-0.05, 0) is 25.8 Å². The van der Waals surface area contributed by atoms with Gasteiger partial charge >= 0.3 is 0 Å². The third-order valence-corrected chi connectivity index (χ3v) is 3.65. The van der Waals surface area contributed by atoms with Gasteiger partial charge in [-0.3, -0.25) is 4.79 Å². The van der Waals surface area contributed by atoms with Gasteiger partial charge in [-0.15, -0.1) is 0 Å². The summed E-state index contributed by atoms with van der Waals surface area (Å²) in [6, 6.07) is 3.35. The molecule has 0 radical (unpaired) electrons. The minimum absolute atomic E-state index is 0.209. The lowest BCUT2D eigenvalue weighted by atomic mass is 9.85. The molecular formula is C15H22N2O3. The maximum Gasteiger partial charge on any atom is 0.252 e. The molecule has 5 heteroatoms. The van der Waals surface area contributed by atoms with Gasteiger partial charge in [0.05, 0.1) is 17.8 Å². The lowest BCUT2D eigenvalue weighted by Gasteiger charge is -2.32. The van der Waals surface area contributed by atoms with Gasteiger partial charge in [0.2, 0.25) is 5.88 Å². The summed E-state index contributed by atoms with van der Waals surface area (Å²) in [7, 11) is 0. The number of hydrogen-bond donors (Lipinski definition) is 2. The van der Waals surface area contributed by atoms with Crippen molar-refractivity contribution >= 4 is 5.91 Å². The van der Waals surface area contributed by atoms with Crippen LogP contribution < -0.4 is 10.1 Å². The zero-order valence-electron chi connectivity index (χ0n) is 11.9. The maximum atomic E-state index is 12.0. The Morgan fingerprint density at radius 2 is 2.15 bits per heavy atom. The van der Waals surface area contributed by atoms with E-state index in [2.05, 4.69) is 10.3 Å². The summed E-state index contributed by atoms with van der Waals surface area (Å²) >= 11 is 0. The first-order chi connectivity index (χ1) is 9.63. The zero-order chi connectivity index (χ0) is 14.4. The van der Waals surface area contributed by atoms with Crippen LogP contribution in [0.25, 0.3) is 0 Å². The molecule has 0 spiro atoms. The van der Waals surface area contributed by atoms with Gasteiger partial charge in [0.15, 0.2) is 0 Å². The molecule has 0 saturated heterocycles. The predicted molar refractivity (Wildman–Crippen MR) is 75.8 cm³/mol. The Morgan fingerprint density at radius 3 is 2.75 bits per heavy atom. The van der Waals surface area contributed by atoms with E-state index in [4.69, 9.17) is 4.74 Å². The number of aliphatic hydroxyl groups is 1. The molecule has 2 N–H and O–H groups in total. The monoisotopic (exact) mass is 278 g/mol. The summed E-state index contributed by atoms with van der Waals surface area (Å²) < 4.78 is 5.23. The molecule has 1 aromatic heterocycles. The number of carbonyl (C=O) groups excluding carboxylic acids is 1. The largest absolute Gasteiger partial charge is 0.478 e. The highest BCUT2D eigenvalue weighted by atomic mass is 16.5. The summed E-state index contributed by atoms with van der Waals surface area (Å²) in [6.07, 6.45) is 6.22. The number of nitrogens with one attached hydrogen (secondary N) is 1. The molecular weight excluding hydrogens is 256 g/mol. The average Bonchev–Trinajstić information content (AvgIpc) is 2.47. The first-order valence-corrected chi connectivity index (χ1v) is 7.22. The fraction of sp³-hybridized carbons (Fsp3) is 0.600. The zero-order valence-corrected chi connectivity index (χ0v) is 11.9. The number of carbonyl (C=O) groups is 1. The molecule has 5 nitrogen and oxygen atoms in total. The molecule has 0 aromatic carbocycles. The van der Waals surface area contributed by atoms with Crippen LogP contribution in [0.4, 0.5) is 0 Å². The van der Waals surface area contributed by atoms with Crippen molar-refractivity contribution < 1.29 is 14.6 Å². The van der Waals surface area contributed by atoms with E-state index in [1.807, 2.05) is 6.92 Å². The number of aromatic nitrogens is 1. The molecule has 1 amide bonds. The highest BCUT2D eigenvalue weighted by Crippen LogP contribution is 2.27. The van der Waals surface area contributed by atoms with Crippen molar-refractivity contribution in [2.45, 2.75) is 44.6 Å². The number of ether oxygens (including phenoxy) is 1. The molecule has 1 aromatic rings. The number of pyridine rings is 1. The minimum atomic E-state index is -0.743. The highest BCUT2D eigenvalue weighted by molar-refractivity contribution is 5.93. The van der Waals surface area contributed by atoms with Crippen LogP contribution in [0.5, 0.6) is 5.88 Å². The molecule has 0 bridgehead atoms. The van der Waals surface area contributed by atoms with E-state index in [9.17, 15) is 9.90 Å². The third-order valence-electron chi connectivity index (χ3n) is 3.65. The molecule has 2 rings (SSSR count). The lowest BCUT2D eigenvalue weighted by Crippen LogP contribution is -2.44. The molecule has 1 heterocycles. The molecule has 0 unspecified atom stereocenters. The third kappa shape index (κ3) is 3.93. The molecule has 1 saturated carbocycles. The van der Waals surface area contributed by atoms with Crippen LogP contribution in [-0.4, -0.2) is 34.8 Å². The van der Waals surface area contributed by atoms with Crippen LogP contribution in [0.1, 0.15) is 49.4 Å². The first-order valence-electron chi connectivity index (χ1n) is 7.22. The van der Waals surface area contributed by atoms with Crippen molar-refractivity contribution in [3.8, 4) is 5.88 Å². The number of rotatable bonds is 5. The molecule has 0 atom stereocenters. The number of hydrogen-bond acceptors (Lipinski definition) is 4. The van der Waals surface area contributed by atoms with Crippen molar-refractivity contribution in [3.05, 3.63) is 23.9 Å². The number of nitrogens with zero attached hydrogens (tertiary/aromatic N) is 1. The standard InChI is InChI=1S/C15H22N2O3/c1-2-20-13-7-6-12(10-16-13)14(18)17-11-15(19)8-4-3-5-9-15/h6-7,10,19H,2-5,8-9,11H2,1H3,(H,17,18). The van der Waals surface area contributed by atoms with E-state index in [-0.39, 0.29) is 5.91 Å². The second-order valence-electron chi connectivity index (χ2n) is 5.29. The quantitative estimate of drug-likeness (QED) is 0.863. The minimum Gasteiger partial charge on any atom is -0.478 e. The molecule has 1 fully saturated rings. The van der Waals surface area contributed by atoms with Gasteiger partial charge in [-0.1, -0.05) is 19.3 Å². The van der Waals surface area contributed by atoms with E-state index < -0.39 is 5.60 Å². The highest BCUT2D eigenvalue weighted by Gasteiger charge is 2.29. The van der Waals surface area contributed by atoms with Crippen molar-refractivity contribution in [2.24, 2.45) is 0 Å². The second kappa shape index (κ2) is 6.70. The predicted octanol–water partition coefficient (Wildman–Crippen LogP) is 1.91. The van der Waals surface area contributed by atoms with Crippen molar-refractivity contribution in [2.75, 3.05) is 13.2 Å². The Balaban J connectivity index is 1.87. The number of amides is 1. The van der Waals surface area contributed by atoms with E-state index in [0.29, 0.717) is 24.6 Å². The maximum absolute atomic E-state index is 12.0. The molecule has 0 aliphatic heterocycles. The molecule has 20 heavy (non-hydrogen) atoms. The first kappa shape index (κ1) is 14.8. The smallest absolute Gasteiger partial charge is 0.252 e. The summed E-state index contributed by atoms with van der Waals surface area (Å²) in [6.45, 7) is 2.73. The normalized spacial score (nSPS) is 17.5. The van der Waals surface area contributed by atoms with Crippen molar-refractivity contribution in [1.82, 2.24) is 10.3 Å². The summed E-state index contributed by atoms with van der Waals surface area (Å²) in [5, 5.41) is 13.1. The SMILES string of the molecule is CCOc1ccc(C(=O)NCC2(O)CCCCC2)cn1. The van der Waals surface area contributed by atoms with Crippen LogP contribution in [0.15, 0.2) is 18.3 Å². The van der Waals surface area contributed by atoms with E-state index in [1.165, 1.54) is 12.6 Å². The Morgan fingerprint density at radius 1 is 1.40 bits per heavy atom. The summed E-state index contributed by atoms with van der Waals surface area (Å²) in [5.74, 6) is 0.300. The Hall–Kier alpha value is -1.62.